The van der Waals surface area contributed by atoms with E-state index < -0.39 is 9.84 Å². The highest BCUT2D eigenvalue weighted by molar-refractivity contribution is 7.91. The summed E-state index contributed by atoms with van der Waals surface area (Å²) in [4.78, 5) is 24.7. The highest BCUT2D eigenvalue weighted by Gasteiger charge is 2.34. The molecule has 0 unspecified atom stereocenters. The van der Waals surface area contributed by atoms with Gasteiger partial charge in [0, 0.05) is 29.8 Å². The van der Waals surface area contributed by atoms with Gasteiger partial charge in [0.15, 0.2) is 5.78 Å². The maximum Gasteiger partial charge on any atom is 0.251 e. The first-order valence-corrected chi connectivity index (χ1v) is 9.97. The number of hydrogen-bond donors (Lipinski definition) is 2. The molecule has 0 bridgehead atoms. The number of carbonyl (C=O) groups excluding carboxylic acids is 2. The molecule has 1 aliphatic rings. The van der Waals surface area contributed by atoms with Crippen LogP contribution in [0.5, 0.6) is 0 Å². The third kappa shape index (κ3) is 3.27. The largest absolute Gasteiger partial charge is 0.351 e. The van der Waals surface area contributed by atoms with Crippen LogP contribution in [0.25, 0.3) is 0 Å². The molecular formula is C19H20N2O4S. The summed E-state index contributed by atoms with van der Waals surface area (Å²) in [5.41, 5.74) is 0.485. The van der Waals surface area contributed by atoms with Gasteiger partial charge in [-0.3, -0.25) is 9.59 Å². The van der Waals surface area contributed by atoms with Crippen molar-refractivity contribution >= 4 is 21.5 Å². The zero-order valence-corrected chi connectivity index (χ0v) is 15.2. The smallest absolute Gasteiger partial charge is 0.251 e. The van der Waals surface area contributed by atoms with Gasteiger partial charge < -0.3 is 10.6 Å². The van der Waals surface area contributed by atoms with Crippen LogP contribution in [0.2, 0.25) is 0 Å². The van der Waals surface area contributed by atoms with Crippen LogP contribution in [0.1, 0.15) is 39.6 Å². The second kappa shape index (κ2) is 7.39. The van der Waals surface area contributed by atoms with E-state index in [1.165, 1.54) is 30.3 Å². The molecule has 6 nitrogen and oxygen atoms in total. The van der Waals surface area contributed by atoms with Crippen molar-refractivity contribution in [3.05, 3.63) is 59.2 Å². The minimum atomic E-state index is -3.84. The van der Waals surface area contributed by atoms with E-state index in [9.17, 15) is 18.0 Å². The molecule has 1 amide bonds. The molecule has 2 aromatic carbocycles. The lowest BCUT2D eigenvalue weighted by molar-refractivity contribution is 0.0951. The molecule has 0 fully saturated rings. The highest BCUT2D eigenvalue weighted by Crippen LogP contribution is 2.34. The molecule has 2 N–H and O–H groups in total. The summed E-state index contributed by atoms with van der Waals surface area (Å²) in [6.07, 6.45) is 1.01. The molecule has 0 aliphatic carbocycles. The predicted octanol–water partition coefficient (Wildman–Crippen LogP) is 1.79. The lowest BCUT2D eigenvalue weighted by Crippen LogP contribution is -2.32. The quantitative estimate of drug-likeness (QED) is 0.644. The van der Waals surface area contributed by atoms with E-state index >= 15 is 0 Å². The summed E-state index contributed by atoms with van der Waals surface area (Å²) in [6, 6.07) is 10.3. The standard InChI is InChI=1S/C19H20N2O4S/c1-2-9-20-10-11-21-19(23)13-7-8-15-17(12-13)26(24,25)16-6-4-3-5-14(16)18(15)22/h3-8,12,20H,2,9-11H2,1H3,(H,21,23). The molecule has 0 atom stereocenters. The first kappa shape index (κ1) is 18.3. The van der Waals surface area contributed by atoms with Gasteiger partial charge in [-0.2, -0.15) is 0 Å². The second-order valence-corrected chi connectivity index (χ2v) is 7.93. The van der Waals surface area contributed by atoms with Crippen molar-refractivity contribution in [2.45, 2.75) is 23.1 Å². The number of fused-ring (bicyclic) bond motifs is 2. The molecule has 0 radical (unpaired) electrons. The molecule has 0 saturated carbocycles. The van der Waals surface area contributed by atoms with Crippen LogP contribution in [0.15, 0.2) is 52.3 Å². The van der Waals surface area contributed by atoms with Crippen molar-refractivity contribution in [2.24, 2.45) is 0 Å². The molecule has 2 aromatic rings. The summed E-state index contributed by atoms with van der Waals surface area (Å²) < 4.78 is 25.7. The van der Waals surface area contributed by atoms with Crippen LogP contribution < -0.4 is 10.6 Å². The molecular weight excluding hydrogens is 352 g/mol. The molecule has 26 heavy (non-hydrogen) atoms. The Morgan fingerprint density at radius 3 is 2.46 bits per heavy atom. The lowest BCUT2D eigenvalue weighted by Gasteiger charge is -2.19. The van der Waals surface area contributed by atoms with Gasteiger partial charge in [0.05, 0.1) is 9.79 Å². The monoisotopic (exact) mass is 372 g/mol. The average molecular weight is 372 g/mol. The SMILES string of the molecule is CCCNCCNC(=O)c1ccc2c(c1)S(=O)(=O)c1ccccc1C2=O. The number of carbonyl (C=O) groups is 2. The number of rotatable bonds is 6. The molecule has 1 heterocycles. The first-order valence-electron chi connectivity index (χ1n) is 8.48. The van der Waals surface area contributed by atoms with E-state index in [2.05, 4.69) is 17.6 Å². The number of sulfone groups is 1. The van der Waals surface area contributed by atoms with Gasteiger partial charge in [0.2, 0.25) is 9.84 Å². The average Bonchev–Trinajstić information content (AvgIpc) is 2.66. The minimum absolute atomic E-state index is 0.0150. The van der Waals surface area contributed by atoms with E-state index in [1.54, 1.807) is 12.1 Å². The molecule has 7 heteroatoms. The van der Waals surface area contributed by atoms with Gasteiger partial charge in [-0.25, -0.2) is 8.42 Å². The summed E-state index contributed by atoms with van der Waals surface area (Å²) in [5.74, 6) is -0.714. The van der Waals surface area contributed by atoms with Crippen LogP contribution in [-0.2, 0) is 9.84 Å². The summed E-state index contributed by atoms with van der Waals surface area (Å²) in [5, 5.41) is 5.91. The molecule has 3 rings (SSSR count). The van der Waals surface area contributed by atoms with Crippen molar-refractivity contribution in [1.29, 1.82) is 0 Å². The number of hydrogen-bond acceptors (Lipinski definition) is 5. The minimum Gasteiger partial charge on any atom is -0.351 e. The molecule has 1 aliphatic heterocycles. The molecule has 0 saturated heterocycles. The fraction of sp³-hybridized carbons (Fsp3) is 0.263. The Morgan fingerprint density at radius 2 is 1.69 bits per heavy atom. The summed E-state index contributed by atoms with van der Waals surface area (Å²) >= 11 is 0. The van der Waals surface area contributed by atoms with Crippen LogP contribution in [0, 0.1) is 0 Å². The number of amides is 1. The van der Waals surface area contributed by atoms with E-state index in [-0.39, 0.29) is 38.2 Å². The van der Waals surface area contributed by atoms with Crippen molar-refractivity contribution in [3.8, 4) is 0 Å². The zero-order chi connectivity index (χ0) is 18.7. The third-order valence-electron chi connectivity index (χ3n) is 4.21. The van der Waals surface area contributed by atoms with E-state index in [0.717, 1.165) is 13.0 Å². The van der Waals surface area contributed by atoms with Gasteiger partial charge in [0.1, 0.15) is 0 Å². The Kier molecular flexibility index (Phi) is 5.20. The van der Waals surface area contributed by atoms with E-state index in [0.29, 0.717) is 13.1 Å². The Hall–Kier alpha value is -2.51. The lowest BCUT2D eigenvalue weighted by atomic mass is 10.0. The maximum absolute atomic E-state index is 12.9. The Bertz CT molecular complexity index is 967. The van der Waals surface area contributed by atoms with E-state index in [1.807, 2.05) is 0 Å². The van der Waals surface area contributed by atoms with E-state index in [4.69, 9.17) is 0 Å². The van der Waals surface area contributed by atoms with Gasteiger partial charge in [-0.1, -0.05) is 19.1 Å². The zero-order valence-electron chi connectivity index (χ0n) is 14.4. The van der Waals surface area contributed by atoms with Gasteiger partial charge in [0.25, 0.3) is 5.91 Å². The van der Waals surface area contributed by atoms with Crippen molar-refractivity contribution in [3.63, 3.8) is 0 Å². The number of nitrogens with one attached hydrogen (secondary N) is 2. The molecule has 136 valence electrons. The second-order valence-electron chi connectivity index (χ2n) is 6.05. The Labute approximate surface area is 152 Å². The van der Waals surface area contributed by atoms with Gasteiger partial charge in [-0.05, 0) is 43.3 Å². The maximum atomic E-state index is 12.9. The first-order chi connectivity index (χ1) is 12.5. The van der Waals surface area contributed by atoms with Crippen molar-refractivity contribution < 1.29 is 18.0 Å². The predicted molar refractivity (Wildman–Crippen MR) is 97.3 cm³/mol. The van der Waals surface area contributed by atoms with Gasteiger partial charge in [-0.15, -0.1) is 0 Å². The molecule has 0 aromatic heterocycles. The van der Waals surface area contributed by atoms with Crippen LogP contribution in [0.4, 0.5) is 0 Å². The number of benzene rings is 2. The van der Waals surface area contributed by atoms with Crippen LogP contribution >= 0.6 is 0 Å². The van der Waals surface area contributed by atoms with Crippen LogP contribution in [0.3, 0.4) is 0 Å². The molecule has 0 spiro atoms. The Morgan fingerprint density at radius 1 is 0.962 bits per heavy atom. The van der Waals surface area contributed by atoms with Gasteiger partial charge >= 0.3 is 0 Å². The Balaban J connectivity index is 1.88. The fourth-order valence-electron chi connectivity index (χ4n) is 2.89. The summed E-state index contributed by atoms with van der Waals surface area (Å²) in [6.45, 7) is 3.99. The van der Waals surface area contributed by atoms with Crippen LogP contribution in [-0.4, -0.2) is 39.7 Å². The van der Waals surface area contributed by atoms with Crippen molar-refractivity contribution in [2.75, 3.05) is 19.6 Å². The van der Waals surface area contributed by atoms with Crippen molar-refractivity contribution in [1.82, 2.24) is 10.6 Å². The summed E-state index contributed by atoms with van der Waals surface area (Å²) in [7, 11) is -3.84. The highest BCUT2D eigenvalue weighted by atomic mass is 32.2. The third-order valence-corrected chi connectivity index (χ3v) is 6.07. The normalized spacial score (nSPS) is 14.4. The fourth-order valence-corrected chi connectivity index (χ4v) is 4.57. The topological polar surface area (TPSA) is 92.3 Å². The number of ketones is 1.